The Bertz CT molecular complexity index is 257. The summed E-state index contributed by atoms with van der Waals surface area (Å²) < 4.78 is 5.24. The smallest absolute Gasteiger partial charge is 0.407 e. The molecule has 0 aromatic rings. The fraction of sp³-hybridized carbons (Fsp3) is 0.933. The topological polar surface area (TPSA) is 50.4 Å². The third-order valence-electron chi connectivity index (χ3n) is 2.46. The van der Waals surface area contributed by atoms with E-state index in [9.17, 15) is 4.79 Å². The number of hydrogen-bond donors (Lipinski definition) is 2. The molecular formula is C15H32N2O2. The molecule has 0 aromatic carbocycles. The summed E-state index contributed by atoms with van der Waals surface area (Å²) in [5, 5.41) is 6.34. The fourth-order valence-corrected chi connectivity index (χ4v) is 1.73. The third-order valence-corrected chi connectivity index (χ3v) is 2.46. The van der Waals surface area contributed by atoms with Crippen molar-refractivity contribution in [3.63, 3.8) is 0 Å². The summed E-state index contributed by atoms with van der Waals surface area (Å²) in [6, 6.07) is 0.301. The summed E-state index contributed by atoms with van der Waals surface area (Å²) in [4.78, 5) is 11.6. The first-order valence-corrected chi connectivity index (χ1v) is 7.30. The zero-order chi connectivity index (χ0) is 15.1. The Kier molecular flexibility index (Phi) is 8.07. The molecule has 114 valence electrons. The molecule has 19 heavy (non-hydrogen) atoms. The highest BCUT2D eigenvalue weighted by Crippen LogP contribution is 2.08. The lowest BCUT2D eigenvalue weighted by Crippen LogP contribution is -2.44. The van der Waals surface area contributed by atoms with Gasteiger partial charge in [0.2, 0.25) is 0 Å². The van der Waals surface area contributed by atoms with Crippen molar-refractivity contribution < 1.29 is 9.53 Å². The van der Waals surface area contributed by atoms with E-state index in [0.717, 1.165) is 13.0 Å². The molecule has 1 amide bonds. The Morgan fingerprint density at radius 3 is 2.05 bits per heavy atom. The average Bonchev–Trinajstić information content (AvgIpc) is 2.18. The molecule has 0 radical (unpaired) electrons. The van der Waals surface area contributed by atoms with Crippen LogP contribution in [0.25, 0.3) is 0 Å². The van der Waals surface area contributed by atoms with E-state index in [1.165, 1.54) is 0 Å². The van der Waals surface area contributed by atoms with Gasteiger partial charge >= 0.3 is 6.09 Å². The Balaban J connectivity index is 4.13. The van der Waals surface area contributed by atoms with Gasteiger partial charge in [-0.25, -0.2) is 4.79 Å². The van der Waals surface area contributed by atoms with Gasteiger partial charge in [-0.05, 0) is 45.6 Å². The maximum atomic E-state index is 11.6. The van der Waals surface area contributed by atoms with Gasteiger partial charge in [-0.1, -0.05) is 27.7 Å². The summed E-state index contributed by atoms with van der Waals surface area (Å²) in [6.45, 7) is 15.9. The lowest BCUT2D eigenvalue weighted by molar-refractivity contribution is 0.0520. The summed E-state index contributed by atoms with van der Waals surface area (Å²) in [5.41, 5.74) is -0.441. The van der Waals surface area contributed by atoms with Crippen molar-refractivity contribution in [2.45, 2.75) is 66.5 Å². The highest BCUT2D eigenvalue weighted by molar-refractivity contribution is 5.67. The SMILES string of the molecule is CC(C)CNC(CNC(=O)OC(C)(C)C)CC(C)C. The van der Waals surface area contributed by atoms with Crippen molar-refractivity contribution >= 4 is 6.09 Å². The highest BCUT2D eigenvalue weighted by atomic mass is 16.6. The molecular weight excluding hydrogens is 240 g/mol. The number of rotatable bonds is 7. The van der Waals surface area contributed by atoms with Gasteiger partial charge in [-0.3, -0.25) is 0 Å². The van der Waals surface area contributed by atoms with Crippen molar-refractivity contribution in [2.24, 2.45) is 11.8 Å². The molecule has 0 aliphatic heterocycles. The van der Waals surface area contributed by atoms with Crippen molar-refractivity contribution in [3.05, 3.63) is 0 Å². The second-order valence-electron chi connectivity index (χ2n) is 7.01. The lowest BCUT2D eigenvalue weighted by atomic mass is 10.0. The van der Waals surface area contributed by atoms with Crippen LogP contribution in [0.1, 0.15) is 54.9 Å². The molecule has 0 aliphatic carbocycles. The van der Waals surface area contributed by atoms with Gasteiger partial charge in [0.15, 0.2) is 0 Å². The molecule has 0 fully saturated rings. The van der Waals surface area contributed by atoms with Crippen molar-refractivity contribution in [1.82, 2.24) is 10.6 Å². The third kappa shape index (κ3) is 12.0. The van der Waals surface area contributed by atoms with E-state index in [1.807, 2.05) is 20.8 Å². The molecule has 1 atom stereocenters. The first-order chi connectivity index (χ1) is 8.60. The maximum Gasteiger partial charge on any atom is 0.407 e. The molecule has 0 saturated carbocycles. The molecule has 0 rings (SSSR count). The van der Waals surface area contributed by atoms with E-state index in [1.54, 1.807) is 0 Å². The van der Waals surface area contributed by atoms with Crippen LogP contribution in [-0.2, 0) is 4.74 Å². The normalized spacial score (nSPS) is 13.7. The first-order valence-electron chi connectivity index (χ1n) is 7.30. The van der Waals surface area contributed by atoms with Crippen LogP contribution in [0.3, 0.4) is 0 Å². The minimum absolute atomic E-state index is 0.301. The predicted octanol–water partition coefficient (Wildman–Crippen LogP) is 3.17. The van der Waals surface area contributed by atoms with Crippen LogP contribution in [0.4, 0.5) is 4.79 Å². The number of hydrogen-bond acceptors (Lipinski definition) is 3. The first kappa shape index (κ1) is 18.2. The molecule has 0 aliphatic rings. The van der Waals surface area contributed by atoms with Gasteiger partial charge in [-0.2, -0.15) is 0 Å². The Hall–Kier alpha value is -0.770. The summed E-state index contributed by atoms with van der Waals surface area (Å²) in [5.74, 6) is 1.21. The molecule has 0 aromatic heterocycles. The molecule has 4 heteroatoms. The quantitative estimate of drug-likeness (QED) is 0.748. The Morgan fingerprint density at radius 1 is 1.05 bits per heavy atom. The number of amides is 1. The van der Waals surface area contributed by atoms with E-state index in [0.29, 0.717) is 24.4 Å². The molecule has 0 heterocycles. The van der Waals surface area contributed by atoms with E-state index in [4.69, 9.17) is 4.74 Å². The Morgan fingerprint density at radius 2 is 1.63 bits per heavy atom. The number of ether oxygens (including phenoxy) is 1. The van der Waals surface area contributed by atoms with E-state index in [-0.39, 0.29) is 6.09 Å². The standard InChI is InChI=1S/C15H32N2O2/c1-11(2)8-13(16-9-12(3)4)10-17-14(18)19-15(5,6)7/h11-13,16H,8-10H2,1-7H3,(H,17,18). The van der Waals surface area contributed by atoms with Gasteiger partial charge in [0.1, 0.15) is 5.60 Å². The van der Waals surface area contributed by atoms with Crippen LogP contribution in [0.5, 0.6) is 0 Å². The maximum absolute atomic E-state index is 11.6. The van der Waals surface area contributed by atoms with Crippen LogP contribution in [-0.4, -0.2) is 30.8 Å². The fourth-order valence-electron chi connectivity index (χ4n) is 1.73. The minimum Gasteiger partial charge on any atom is -0.444 e. The molecule has 1 unspecified atom stereocenters. The second-order valence-corrected chi connectivity index (χ2v) is 7.01. The van der Waals surface area contributed by atoms with Crippen LogP contribution in [0.2, 0.25) is 0 Å². The van der Waals surface area contributed by atoms with E-state index in [2.05, 4.69) is 38.3 Å². The van der Waals surface area contributed by atoms with Crippen LogP contribution >= 0.6 is 0 Å². The van der Waals surface area contributed by atoms with Gasteiger partial charge in [-0.15, -0.1) is 0 Å². The summed E-state index contributed by atoms with van der Waals surface area (Å²) in [7, 11) is 0. The molecule has 0 bridgehead atoms. The van der Waals surface area contributed by atoms with E-state index >= 15 is 0 Å². The largest absolute Gasteiger partial charge is 0.444 e. The molecule has 0 spiro atoms. The summed E-state index contributed by atoms with van der Waals surface area (Å²) in [6.07, 6.45) is 0.704. The van der Waals surface area contributed by atoms with Crippen LogP contribution in [0.15, 0.2) is 0 Å². The van der Waals surface area contributed by atoms with Gasteiger partial charge < -0.3 is 15.4 Å². The zero-order valence-electron chi connectivity index (χ0n) is 13.7. The average molecular weight is 272 g/mol. The van der Waals surface area contributed by atoms with E-state index < -0.39 is 5.60 Å². The van der Waals surface area contributed by atoms with Crippen LogP contribution < -0.4 is 10.6 Å². The summed E-state index contributed by atoms with van der Waals surface area (Å²) >= 11 is 0. The minimum atomic E-state index is -0.441. The molecule has 0 saturated heterocycles. The molecule has 4 nitrogen and oxygen atoms in total. The second kappa shape index (κ2) is 8.41. The van der Waals surface area contributed by atoms with Crippen molar-refractivity contribution in [1.29, 1.82) is 0 Å². The lowest BCUT2D eigenvalue weighted by Gasteiger charge is -2.24. The zero-order valence-corrected chi connectivity index (χ0v) is 13.7. The Labute approximate surface area is 118 Å². The number of carbonyl (C=O) groups is 1. The monoisotopic (exact) mass is 272 g/mol. The van der Waals surface area contributed by atoms with Crippen molar-refractivity contribution in [3.8, 4) is 0 Å². The molecule has 2 N–H and O–H groups in total. The number of nitrogens with one attached hydrogen (secondary N) is 2. The predicted molar refractivity (Wildman–Crippen MR) is 80.3 cm³/mol. The number of carbonyl (C=O) groups excluding carboxylic acids is 1. The number of alkyl carbamates (subject to hydrolysis) is 1. The highest BCUT2D eigenvalue weighted by Gasteiger charge is 2.18. The van der Waals surface area contributed by atoms with Crippen LogP contribution in [0, 0.1) is 11.8 Å². The van der Waals surface area contributed by atoms with Gasteiger partial charge in [0, 0.05) is 12.6 Å². The van der Waals surface area contributed by atoms with Crippen molar-refractivity contribution in [2.75, 3.05) is 13.1 Å². The van der Waals surface area contributed by atoms with Gasteiger partial charge in [0.25, 0.3) is 0 Å². The van der Waals surface area contributed by atoms with Gasteiger partial charge in [0.05, 0.1) is 0 Å².